The molecule has 1 aromatic heterocycles. The maximum atomic E-state index is 12.3. The van der Waals surface area contributed by atoms with Crippen molar-refractivity contribution in [3.63, 3.8) is 0 Å². The molecule has 1 aliphatic carbocycles. The minimum atomic E-state index is -0.316. The molecule has 0 aromatic carbocycles. The van der Waals surface area contributed by atoms with E-state index >= 15 is 0 Å². The van der Waals surface area contributed by atoms with Crippen LogP contribution in [0.5, 0.6) is 0 Å². The first-order valence-corrected chi connectivity index (χ1v) is 7.81. The van der Waals surface area contributed by atoms with E-state index < -0.39 is 0 Å². The first-order chi connectivity index (χ1) is 10.7. The van der Waals surface area contributed by atoms with Crippen molar-refractivity contribution < 1.29 is 14.3 Å². The number of carbonyl (C=O) groups excluding carboxylic acids is 1. The third-order valence-electron chi connectivity index (χ3n) is 4.84. The van der Waals surface area contributed by atoms with Gasteiger partial charge in [0, 0.05) is 44.7 Å². The molecule has 3 rings (SSSR count). The molecule has 0 spiro atoms. The van der Waals surface area contributed by atoms with Gasteiger partial charge in [-0.3, -0.25) is 4.79 Å². The highest BCUT2D eigenvalue weighted by Gasteiger charge is 2.47. The molecule has 3 N–H and O–H groups in total. The van der Waals surface area contributed by atoms with Crippen molar-refractivity contribution in [1.29, 1.82) is 0 Å². The maximum absolute atomic E-state index is 12.3. The molecule has 1 aliphatic heterocycles. The van der Waals surface area contributed by atoms with E-state index in [-0.39, 0.29) is 17.4 Å². The second-order valence-electron chi connectivity index (χ2n) is 6.31. The van der Waals surface area contributed by atoms with Crippen molar-refractivity contribution in [3.8, 4) is 0 Å². The zero-order chi connectivity index (χ0) is 15.6. The second kappa shape index (κ2) is 6.36. The van der Waals surface area contributed by atoms with Crippen LogP contribution in [-0.2, 0) is 20.8 Å². The van der Waals surface area contributed by atoms with Crippen molar-refractivity contribution in [2.45, 2.75) is 31.4 Å². The number of nitrogens with one attached hydrogen (secondary N) is 1. The molecule has 0 bridgehead atoms. The summed E-state index contributed by atoms with van der Waals surface area (Å²) in [4.78, 5) is 12.3. The fraction of sp³-hybridized carbons (Fsp3) is 0.733. The second-order valence-corrected chi connectivity index (χ2v) is 6.31. The lowest BCUT2D eigenvalue weighted by molar-refractivity contribution is -0.140. The number of anilines is 1. The summed E-state index contributed by atoms with van der Waals surface area (Å²) in [6.07, 6.45) is 4.11. The van der Waals surface area contributed by atoms with Crippen molar-refractivity contribution in [3.05, 3.63) is 12.3 Å². The lowest BCUT2D eigenvalue weighted by Gasteiger charge is -2.44. The number of carbonyl (C=O) groups is 1. The topological polar surface area (TPSA) is 91.4 Å². The summed E-state index contributed by atoms with van der Waals surface area (Å²) in [6.45, 7) is 2.81. The summed E-state index contributed by atoms with van der Waals surface area (Å²) in [5, 5.41) is 7.28. The number of rotatable bonds is 6. The summed E-state index contributed by atoms with van der Waals surface area (Å²) in [5.74, 6) is 1.20. The van der Waals surface area contributed by atoms with Crippen LogP contribution in [0.2, 0.25) is 0 Å². The fourth-order valence-electron chi connectivity index (χ4n) is 3.22. The molecule has 2 fully saturated rings. The molecular weight excluding hydrogens is 284 g/mol. The van der Waals surface area contributed by atoms with Gasteiger partial charge in [0.15, 0.2) is 0 Å². The van der Waals surface area contributed by atoms with Crippen LogP contribution in [0.3, 0.4) is 0 Å². The zero-order valence-corrected chi connectivity index (χ0v) is 13.0. The Kier molecular flexibility index (Phi) is 4.46. The van der Waals surface area contributed by atoms with Crippen LogP contribution >= 0.6 is 0 Å². The van der Waals surface area contributed by atoms with Gasteiger partial charge in [0.1, 0.15) is 5.82 Å². The fourth-order valence-corrected chi connectivity index (χ4v) is 3.22. The highest BCUT2D eigenvalue weighted by molar-refractivity contribution is 5.92. The Labute approximate surface area is 130 Å². The molecule has 2 aliphatic rings. The number of methoxy groups -OCH3 is 1. The lowest BCUT2D eigenvalue weighted by Crippen LogP contribution is -2.54. The van der Waals surface area contributed by atoms with Crippen LogP contribution in [-0.4, -0.2) is 48.2 Å². The highest BCUT2D eigenvalue weighted by atomic mass is 16.5. The number of ether oxygens (including phenoxy) is 2. The van der Waals surface area contributed by atoms with Crippen LogP contribution in [0.4, 0.5) is 5.82 Å². The van der Waals surface area contributed by atoms with E-state index in [9.17, 15) is 4.79 Å². The number of hydrogen-bond donors (Lipinski definition) is 2. The minimum absolute atomic E-state index is 0.0190. The quantitative estimate of drug-likeness (QED) is 0.803. The van der Waals surface area contributed by atoms with Gasteiger partial charge in [0.2, 0.25) is 5.91 Å². The first-order valence-electron chi connectivity index (χ1n) is 7.81. The van der Waals surface area contributed by atoms with Gasteiger partial charge in [0.25, 0.3) is 0 Å². The van der Waals surface area contributed by atoms with Gasteiger partial charge < -0.3 is 20.5 Å². The van der Waals surface area contributed by atoms with Gasteiger partial charge in [0.05, 0.1) is 18.4 Å². The van der Waals surface area contributed by atoms with Crippen LogP contribution in [0, 0.1) is 11.8 Å². The smallest absolute Gasteiger partial charge is 0.228 e. The van der Waals surface area contributed by atoms with Gasteiger partial charge in [-0.2, -0.15) is 5.10 Å². The molecule has 1 saturated heterocycles. The molecule has 1 unspecified atom stereocenters. The summed E-state index contributed by atoms with van der Waals surface area (Å²) in [6, 6.07) is 1.83. The molecule has 7 heteroatoms. The number of nitrogens with two attached hydrogens (primary N) is 1. The molecule has 1 saturated carbocycles. The summed E-state index contributed by atoms with van der Waals surface area (Å²) < 4.78 is 12.6. The molecule has 1 atom stereocenters. The van der Waals surface area contributed by atoms with E-state index in [4.69, 9.17) is 15.2 Å². The van der Waals surface area contributed by atoms with E-state index in [0.29, 0.717) is 25.3 Å². The minimum Gasteiger partial charge on any atom is -0.381 e. The van der Waals surface area contributed by atoms with Gasteiger partial charge >= 0.3 is 0 Å². The molecule has 1 aromatic rings. The highest BCUT2D eigenvalue weighted by Crippen LogP contribution is 2.40. The SMILES string of the molecule is COC1(CN)CC(C(=O)Nc2ccnn2CC2CCOC2)C1. The molecule has 22 heavy (non-hydrogen) atoms. The summed E-state index contributed by atoms with van der Waals surface area (Å²) in [5.41, 5.74) is 5.39. The normalized spacial score (nSPS) is 31.0. The Morgan fingerprint density at radius 3 is 3.09 bits per heavy atom. The van der Waals surface area contributed by atoms with Crippen molar-refractivity contribution >= 4 is 11.7 Å². The molecular formula is C15H24N4O3. The lowest BCUT2D eigenvalue weighted by atomic mass is 9.70. The zero-order valence-electron chi connectivity index (χ0n) is 13.0. The summed E-state index contributed by atoms with van der Waals surface area (Å²) in [7, 11) is 1.65. The maximum Gasteiger partial charge on any atom is 0.228 e. The van der Waals surface area contributed by atoms with Crippen LogP contribution < -0.4 is 11.1 Å². The van der Waals surface area contributed by atoms with E-state index in [2.05, 4.69) is 10.4 Å². The third-order valence-corrected chi connectivity index (χ3v) is 4.84. The predicted molar refractivity (Wildman–Crippen MR) is 81.3 cm³/mol. The Morgan fingerprint density at radius 2 is 2.45 bits per heavy atom. The third kappa shape index (κ3) is 3.02. The average molecular weight is 308 g/mol. The van der Waals surface area contributed by atoms with E-state index in [0.717, 1.165) is 32.0 Å². The van der Waals surface area contributed by atoms with Crippen molar-refractivity contribution in [2.24, 2.45) is 17.6 Å². The Balaban J connectivity index is 1.55. The van der Waals surface area contributed by atoms with Gasteiger partial charge in [-0.15, -0.1) is 0 Å². The van der Waals surface area contributed by atoms with E-state index in [1.54, 1.807) is 13.3 Å². The Bertz CT molecular complexity index is 513. The van der Waals surface area contributed by atoms with Crippen LogP contribution in [0.25, 0.3) is 0 Å². The monoisotopic (exact) mass is 308 g/mol. The van der Waals surface area contributed by atoms with Crippen molar-refractivity contribution in [1.82, 2.24) is 9.78 Å². The number of amides is 1. The molecule has 7 nitrogen and oxygen atoms in total. The van der Waals surface area contributed by atoms with Gasteiger partial charge in [-0.1, -0.05) is 0 Å². The summed E-state index contributed by atoms with van der Waals surface area (Å²) >= 11 is 0. The Morgan fingerprint density at radius 1 is 1.64 bits per heavy atom. The molecule has 0 radical (unpaired) electrons. The van der Waals surface area contributed by atoms with E-state index in [1.165, 1.54) is 0 Å². The van der Waals surface area contributed by atoms with Gasteiger partial charge in [-0.25, -0.2) is 4.68 Å². The van der Waals surface area contributed by atoms with E-state index in [1.807, 2.05) is 10.7 Å². The molecule has 2 heterocycles. The van der Waals surface area contributed by atoms with Crippen LogP contribution in [0.15, 0.2) is 12.3 Å². The van der Waals surface area contributed by atoms with Crippen molar-refractivity contribution in [2.75, 3.05) is 32.2 Å². The predicted octanol–water partition coefficient (Wildman–Crippen LogP) is 0.612. The van der Waals surface area contributed by atoms with Gasteiger partial charge in [-0.05, 0) is 19.3 Å². The standard InChI is InChI=1S/C15H24N4O3/c1-21-15(10-16)6-12(7-15)14(20)18-13-2-4-17-19(13)8-11-3-5-22-9-11/h2,4,11-12H,3,5-10,16H2,1H3,(H,18,20). The number of aromatic nitrogens is 2. The van der Waals surface area contributed by atoms with Crippen LogP contribution in [0.1, 0.15) is 19.3 Å². The first kappa shape index (κ1) is 15.5. The number of nitrogens with zero attached hydrogens (tertiary/aromatic N) is 2. The molecule has 1 amide bonds. The molecule has 122 valence electrons. The number of hydrogen-bond acceptors (Lipinski definition) is 5. The Hall–Kier alpha value is -1.44. The largest absolute Gasteiger partial charge is 0.381 e. The average Bonchev–Trinajstić information content (AvgIpc) is 3.12.